The summed E-state index contributed by atoms with van der Waals surface area (Å²) in [5.41, 5.74) is 0.500. The van der Waals surface area contributed by atoms with Crippen LogP contribution in [-0.4, -0.2) is 18.9 Å². The first kappa shape index (κ1) is 11.6. The van der Waals surface area contributed by atoms with Crippen molar-refractivity contribution >= 4 is 17.4 Å². The molecule has 1 aromatic carbocycles. The smallest absolute Gasteiger partial charge is 0.167 e. The highest BCUT2D eigenvalue weighted by Crippen LogP contribution is 2.21. The minimum atomic E-state index is -0.486. The molecule has 0 radical (unpaired) electrons. The largest absolute Gasteiger partial charge is 0.316 e. The Labute approximate surface area is 98.8 Å². The second-order valence-corrected chi connectivity index (χ2v) is 4.44. The summed E-state index contributed by atoms with van der Waals surface area (Å²) >= 11 is 5.65. The molecule has 4 heteroatoms. The number of hydrogen-bond donors (Lipinski definition) is 1. The fourth-order valence-corrected chi connectivity index (χ4v) is 2.14. The van der Waals surface area contributed by atoms with Crippen molar-refractivity contribution in [3.8, 4) is 0 Å². The lowest BCUT2D eigenvalue weighted by atomic mass is 9.91. The molecule has 1 atom stereocenters. The van der Waals surface area contributed by atoms with Crippen LogP contribution in [0.4, 0.5) is 4.39 Å². The maximum absolute atomic E-state index is 12.9. The first-order valence-electron chi connectivity index (χ1n) is 5.38. The molecule has 1 aliphatic heterocycles. The summed E-state index contributed by atoms with van der Waals surface area (Å²) < 4.78 is 12.9. The van der Waals surface area contributed by atoms with E-state index in [2.05, 4.69) is 5.32 Å². The Morgan fingerprint density at radius 1 is 1.50 bits per heavy atom. The quantitative estimate of drug-likeness (QED) is 0.807. The number of benzene rings is 1. The van der Waals surface area contributed by atoms with E-state index in [9.17, 15) is 9.18 Å². The number of halogens is 2. The number of piperidine rings is 1. The van der Waals surface area contributed by atoms with E-state index in [1.165, 1.54) is 18.2 Å². The highest BCUT2D eigenvalue weighted by atomic mass is 35.5. The molecule has 16 heavy (non-hydrogen) atoms. The predicted molar refractivity (Wildman–Crippen MR) is 61.3 cm³/mol. The molecule has 0 saturated carbocycles. The van der Waals surface area contributed by atoms with Crippen LogP contribution in [0.3, 0.4) is 0 Å². The van der Waals surface area contributed by atoms with Gasteiger partial charge in [0, 0.05) is 18.0 Å². The molecular weight excluding hydrogens is 229 g/mol. The summed E-state index contributed by atoms with van der Waals surface area (Å²) in [5, 5.41) is 3.19. The maximum atomic E-state index is 12.9. The van der Waals surface area contributed by atoms with Crippen molar-refractivity contribution in [1.82, 2.24) is 5.32 Å². The lowest BCUT2D eigenvalue weighted by Gasteiger charge is -2.21. The highest BCUT2D eigenvalue weighted by molar-refractivity contribution is 6.31. The van der Waals surface area contributed by atoms with Gasteiger partial charge in [-0.25, -0.2) is 4.39 Å². The number of ketones is 1. The van der Waals surface area contributed by atoms with Crippen molar-refractivity contribution < 1.29 is 9.18 Å². The van der Waals surface area contributed by atoms with Gasteiger partial charge in [0.2, 0.25) is 0 Å². The minimum absolute atomic E-state index is 0.00437. The summed E-state index contributed by atoms with van der Waals surface area (Å²) in [6.45, 7) is 1.67. The SMILES string of the molecule is O=C(c1ccc(F)c(Cl)c1)C1CCCNC1. The van der Waals surface area contributed by atoms with Gasteiger partial charge >= 0.3 is 0 Å². The number of nitrogens with one attached hydrogen (secondary N) is 1. The zero-order valence-electron chi connectivity index (χ0n) is 8.80. The van der Waals surface area contributed by atoms with Gasteiger partial charge in [-0.1, -0.05) is 11.6 Å². The lowest BCUT2D eigenvalue weighted by molar-refractivity contribution is 0.0899. The van der Waals surface area contributed by atoms with Crippen molar-refractivity contribution in [2.45, 2.75) is 12.8 Å². The Kier molecular flexibility index (Phi) is 3.56. The van der Waals surface area contributed by atoms with Crippen LogP contribution in [0.15, 0.2) is 18.2 Å². The van der Waals surface area contributed by atoms with E-state index in [1.807, 2.05) is 0 Å². The van der Waals surface area contributed by atoms with Gasteiger partial charge in [-0.3, -0.25) is 4.79 Å². The zero-order chi connectivity index (χ0) is 11.5. The molecule has 1 fully saturated rings. The van der Waals surface area contributed by atoms with Crippen LogP contribution in [0, 0.1) is 11.7 Å². The van der Waals surface area contributed by atoms with Crippen LogP contribution in [-0.2, 0) is 0 Å². The van der Waals surface area contributed by atoms with Crippen LogP contribution in [0.1, 0.15) is 23.2 Å². The Balaban J connectivity index is 2.16. The van der Waals surface area contributed by atoms with Crippen molar-refractivity contribution in [1.29, 1.82) is 0 Å². The highest BCUT2D eigenvalue weighted by Gasteiger charge is 2.22. The van der Waals surface area contributed by atoms with Crippen LogP contribution >= 0.6 is 11.6 Å². The van der Waals surface area contributed by atoms with Crippen LogP contribution in [0.25, 0.3) is 0 Å². The Bertz CT molecular complexity index is 402. The molecule has 1 aromatic rings. The molecule has 86 valence electrons. The van der Waals surface area contributed by atoms with Crippen molar-refractivity contribution in [2.24, 2.45) is 5.92 Å². The molecule has 2 nitrogen and oxygen atoms in total. The summed E-state index contributed by atoms with van der Waals surface area (Å²) in [6, 6.07) is 4.15. The third-order valence-corrected chi connectivity index (χ3v) is 3.16. The molecule has 2 rings (SSSR count). The Morgan fingerprint density at radius 3 is 2.94 bits per heavy atom. The normalized spacial score (nSPS) is 20.8. The average molecular weight is 242 g/mol. The van der Waals surface area contributed by atoms with Gasteiger partial charge < -0.3 is 5.32 Å². The van der Waals surface area contributed by atoms with Gasteiger partial charge in [-0.15, -0.1) is 0 Å². The number of Topliss-reactive ketones (excluding diaryl/α,β-unsaturated/α-hetero) is 1. The van der Waals surface area contributed by atoms with Gasteiger partial charge in [0.25, 0.3) is 0 Å². The van der Waals surface area contributed by atoms with E-state index in [0.717, 1.165) is 19.4 Å². The molecule has 1 unspecified atom stereocenters. The minimum Gasteiger partial charge on any atom is -0.316 e. The van der Waals surface area contributed by atoms with E-state index in [4.69, 9.17) is 11.6 Å². The number of rotatable bonds is 2. The third-order valence-electron chi connectivity index (χ3n) is 2.87. The van der Waals surface area contributed by atoms with Gasteiger partial charge in [-0.05, 0) is 37.6 Å². The molecule has 1 N–H and O–H groups in total. The fraction of sp³-hybridized carbons (Fsp3) is 0.417. The summed E-state index contributed by atoms with van der Waals surface area (Å²) in [5.74, 6) is -0.440. The predicted octanol–water partition coefficient (Wildman–Crippen LogP) is 2.66. The maximum Gasteiger partial charge on any atom is 0.167 e. The summed E-state index contributed by atoms with van der Waals surface area (Å²) in [6.07, 6.45) is 1.90. The molecule has 1 aliphatic rings. The second-order valence-electron chi connectivity index (χ2n) is 4.04. The number of carbonyl (C=O) groups excluding carboxylic acids is 1. The molecule has 0 amide bonds. The van der Waals surface area contributed by atoms with Crippen molar-refractivity contribution in [3.05, 3.63) is 34.6 Å². The molecule has 0 bridgehead atoms. The van der Waals surface area contributed by atoms with E-state index in [0.29, 0.717) is 12.1 Å². The summed E-state index contributed by atoms with van der Waals surface area (Å²) in [4.78, 5) is 12.0. The van der Waals surface area contributed by atoms with Gasteiger partial charge in [-0.2, -0.15) is 0 Å². The third kappa shape index (κ3) is 2.42. The van der Waals surface area contributed by atoms with E-state index < -0.39 is 5.82 Å². The summed E-state index contributed by atoms with van der Waals surface area (Å²) in [7, 11) is 0. The molecule has 1 heterocycles. The van der Waals surface area contributed by atoms with E-state index in [1.54, 1.807) is 0 Å². The Morgan fingerprint density at radius 2 is 2.31 bits per heavy atom. The lowest BCUT2D eigenvalue weighted by Crippen LogP contribution is -2.34. The number of hydrogen-bond acceptors (Lipinski definition) is 2. The van der Waals surface area contributed by atoms with Crippen LogP contribution in [0.2, 0.25) is 5.02 Å². The molecule has 0 aliphatic carbocycles. The molecule has 0 spiro atoms. The molecular formula is C12H13ClFNO. The van der Waals surface area contributed by atoms with Crippen molar-refractivity contribution in [2.75, 3.05) is 13.1 Å². The fourth-order valence-electron chi connectivity index (χ4n) is 1.96. The number of carbonyl (C=O) groups is 1. The van der Waals surface area contributed by atoms with Crippen LogP contribution < -0.4 is 5.32 Å². The monoisotopic (exact) mass is 241 g/mol. The topological polar surface area (TPSA) is 29.1 Å². The van der Waals surface area contributed by atoms with Gasteiger partial charge in [0.1, 0.15) is 5.82 Å². The average Bonchev–Trinajstić information content (AvgIpc) is 2.33. The first-order valence-corrected chi connectivity index (χ1v) is 5.76. The van der Waals surface area contributed by atoms with Crippen LogP contribution in [0.5, 0.6) is 0 Å². The Hall–Kier alpha value is -0.930. The van der Waals surface area contributed by atoms with Crippen molar-refractivity contribution in [3.63, 3.8) is 0 Å². The zero-order valence-corrected chi connectivity index (χ0v) is 9.56. The van der Waals surface area contributed by atoms with E-state index >= 15 is 0 Å². The molecule has 1 saturated heterocycles. The van der Waals surface area contributed by atoms with E-state index in [-0.39, 0.29) is 16.7 Å². The van der Waals surface area contributed by atoms with Gasteiger partial charge in [0.15, 0.2) is 5.78 Å². The molecule has 0 aromatic heterocycles. The first-order chi connectivity index (χ1) is 7.68. The van der Waals surface area contributed by atoms with Gasteiger partial charge in [0.05, 0.1) is 5.02 Å². The standard InChI is InChI=1S/C12H13ClFNO/c13-10-6-8(3-4-11(10)14)12(16)9-2-1-5-15-7-9/h3-4,6,9,15H,1-2,5,7H2. The second kappa shape index (κ2) is 4.93.